The van der Waals surface area contributed by atoms with Crippen molar-refractivity contribution in [1.82, 2.24) is 0 Å². The average Bonchev–Trinajstić information content (AvgIpc) is 2.34. The van der Waals surface area contributed by atoms with Crippen molar-refractivity contribution in [2.45, 2.75) is 18.7 Å². The predicted octanol–water partition coefficient (Wildman–Crippen LogP) is 3.05. The quantitative estimate of drug-likeness (QED) is 0.629. The van der Waals surface area contributed by atoms with Crippen molar-refractivity contribution < 1.29 is 36.2 Å². The van der Waals surface area contributed by atoms with Gasteiger partial charge in [0.25, 0.3) is 12.5 Å². The highest BCUT2D eigenvalue weighted by Gasteiger charge is 2.49. The Morgan fingerprint density at radius 3 is 2.05 bits per heavy atom. The number of rotatable bonds is 4. The molecule has 1 atom stereocenters. The highest BCUT2D eigenvalue weighted by Crippen LogP contribution is 2.28. The van der Waals surface area contributed by atoms with Crippen LogP contribution in [0.3, 0.4) is 0 Å². The molecule has 0 aromatic heterocycles. The number of esters is 1. The van der Waals surface area contributed by atoms with Crippen LogP contribution in [0.4, 0.5) is 22.0 Å². The summed E-state index contributed by atoms with van der Waals surface area (Å²) in [7, 11) is 1.35. The second-order valence-corrected chi connectivity index (χ2v) is 3.43. The predicted molar refractivity (Wildman–Crippen MR) is 54.3 cm³/mol. The van der Waals surface area contributed by atoms with Crippen LogP contribution >= 0.6 is 0 Å². The third kappa shape index (κ3) is 4.08. The molecule has 19 heavy (non-hydrogen) atoms. The molecule has 0 N–H and O–H groups in total. The second kappa shape index (κ2) is 5.85. The molecule has 8 heteroatoms. The number of carbonyl (C=O) groups excluding carboxylic acids is 1. The van der Waals surface area contributed by atoms with Crippen LogP contribution in [-0.4, -0.2) is 31.8 Å². The van der Waals surface area contributed by atoms with E-state index in [2.05, 4.69) is 4.74 Å². The molecule has 1 aromatic carbocycles. The molecule has 0 saturated heterocycles. The van der Waals surface area contributed by atoms with Crippen molar-refractivity contribution in [2.75, 3.05) is 7.11 Å². The summed E-state index contributed by atoms with van der Waals surface area (Å²) in [6, 6.07) is 4.81. The van der Waals surface area contributed by atoms with Crippen LogP contribution in [-0.2, 0) is 4.74 Å². The van der Waals surface area contributed by atoms with E-state index >= 15 is 0 Å². The number of benzene rings is 1. The van der Waals surface area contributed by atoms with Crippen molar-refractivity contribution in [3.63, 3.8) is 0 Å². The average molecular weight is 284 g/mol. The molecule has 0 bridgehead atoms. The number of hydrogen-bond acceptors (Lipinski definition) is 3. The highest BCUT2D eigenvalue weighted by molar-refractivity contribution is 5.89. The standard InChI is InChI=1S/C11H9F5O3/c1-18-7-4-2-6(3-5-7)10(17)19-8(9(12)13)11(14,15)16/h2-5,8-9H,1H3. The van der Waals surface area contributed by atoms with E-state index in [0.717, 1.165) is 12.1 Å². The Labute approximate surface area is 104 Å². The van der Waals surface area contributed by atoms with Gasteiger partial charge in [0.2, 0.25) is 0 Å². The second-order valence-electron chi connectivity index (χ2n) is 3.43. The smallest absolute Gasteiger partial charge is 0.431 e. The summed E-state index contributed by atoms with van der Waals surface area (Å²) in [4.78, 5) is 11.3. The summed E-state index contributed by atoms with van der Waals surface area (Å²) in [5.74, 6) is -1.12. The highest BCUT2D eigenvalue weighted by atomic mass is 19.4. The minimum atomic E-state index is -5.32. The lowest BCUT2D eigenvalue weighted by Crippen LogP contribution is -2.39. The first-order chi connectivity index (χ1) is 8.75. The van der Waals surface area contributed by atoms with Crippen LogP contribution < -0.4 is 4.74 Å². The monoisotopic (exact) mass is 284 g/mol. The fourth-order valence-corrected chi connectivity index (χ4v) is 1.17. The summed E-state index contributed by atoms with van der Waals surface area (Å²) >= 11 is 0. The topological polar surface area (TPSA) is 35.5 Å². The molecule has 1 aromatic rings. The zero-order valence-electron chi connectivity index (χ0n) is 9.58. The lowest BCUT2D eigenvalue weighted by atomic mass is 10.2. The van der Waals surface area contributed by atoms with Crippen molar-refractivity contribution in [2.24, 2.45) is 0 Å². The Morgan fingerprint density at radius 1 is 1.16 bits per heavy atom. The van der Waals surface area contributed by atoms with E-state index in [4.69, 9.17) is 4.74 Å². The zero-order valence-corrected chi connectivity index (χ0v) is 9.58. The maximum Gasteiger partial charge on any atom is 0.431 e. The molecule has 1 rings (SSSR count). The number of halogens is 5. The van der Waals surface area contributed by atoms with Gasteiger partial charge < -0.3 is 9.47 Å². The van der Waals surface area contributed by atoms with Gasteiger partial charge in [-0.3, -0.25) is 0 Å². The Balaban J connectivity index is 2.82. The van der Waals surface area contributed by atoms with Gasteiger partial charge in [-0.05, 0) is 24.3 Å². The molecule has 0 fully saturated rings. The van der Waals surface area contributed by atoms with Crippen LogP contribution in [0.15, 0.2) is 24.3 Å². The molecule has 0 saturated carbocycles. The lowest BCUT2D eigenvalue weighted by molar-refractivity contribution is -0.236. The van der Waals surface area contributed by atoms with Gasteiger partial charge in [-0.15, -0.1) is 0 Å². The molecule has 0 aliphatic heterocycles. The first kappa shape index (κ1) is 15.2. The van der Waals surface area contributed by atoms with Gasteiger partial charge in [0.1, 0.15) is 5.75 Å². The van der Waals surface area contributed by atoms with Gasteiger partial charge in [0, 0.05) is 0 Å². The van der Waals surface area contributed by atoms with Gasteiger partial charge in [-0.2, -0.15) is 13.2 Å². The maximum atomic E-state index is 12.2. The first-order valence-corrected chi connectivity index (χ1v) is 4.95. The van der Waals surface area contributed by atoms with E-state index in [0.29, 0.717) is 5.75 Å². The van der Waals surface area contributed by atoms with Crippen LogP contribution in [0, 0.1) is 0 Å². The Morgan fingerprint density at radius 2 is 1.68 bits per heavy atom. The number of alkyl halides is 5. The molecule has 0 spiro atoms. The summed E-state index contributed by atoms with van der Waals surface area (Å²) in [6.07, 6.45) is -12.6. The molecule has 0 aliphatic rings. The Bertz CT molecular complexity index is 427. The fourth-order valence-electron chi connectivity index (χ4n) is 1.17. The normalized spacial score (nSPS) is 13.2. The van der Waals surface area contributed by atoms with E-state index < -0.39 is 24.7 Å². The SMILES string of the molecule is COc1ccc(C(=O)OC(C(F)F)C(F)(F)F)cc1. The van der Waals surface area contributed by atoms with Gasteiger partial charge in [0.05, 0.1) is 12.7 Å². The molecular formula is C11H9F5O3. The van der Waals surface area contributed by atoms with E-state index in [-0.39, 0.29) is 5.56 Å². The third-order valence-electron chi connectivity index (χ3n) is 2.11. The minimum Gasteiger partial charge on any atom is -0.497 e. The summed E-state index contributed by atoms with van der Waals surface area (Å²) < 4.78 is 69.5. The minimum absolute atomic E-state index is 0.282. The third-order valence-corrected chi connectivity index (χ3v) is 2.11. The number of hydrogen-bond donors (Lipinski definition) is 0. The fraction of sp³-hybridized carbons (Fsp3) is 0.364. The van der Waals surface area contributed by atoms with Gasteiger partial charge in [-0.25, -0.2) is 13.6 Å². The van der Waals surface area contributed by atoms with Crippen LogP contribution in [0.1, 0.15) is 10.4 Å². The van der Waals surface area contributed by atoms with E-state index in [1.807, 2.05) is 0 Å². The summed E-state index contributed by atoms with van der Waals surface area (Å²) in [6.45, 7) is 0. The van der Waals surface area contributed by atoms with Gasteiger partial charge >= 0.3 is 12.1 Å². The zero-order chi connectivity index (χ0) is 14.6. The summed E-state index contributed by atoms with van der Waals surface area (Å²) in [5, 5.41) is 0. The van der Waals surface area contributed by atoms with Crippen LogP contribution in [0.2, 0.25) is 0 Å². The molecule has 0 heterocycles. The van der Waals surface area contributed by atoms with Crippen LogP contribution in [0.25, 0.3) is 0 Å². The van der Waals surface area contributed by atoms with Crippen molar-refractivity contribution in [3.8, 4) is 5.75 Å². The number of methoxy groups -OCH3 is 1. The number of carbonyl (C=O) groups is 1. The largest absolute Gasteiger partial charge is 0.497 e. The Kier molecular flexibility index (Phi) is 4.68. The van der Waals surface area contributed by atoms with E-state index in [1.165, 1.54) is 19.2 Å². The molecule has 0 aliphatic carbocycles. The van der Waals surface area contributed by atoms with Crippen molar-refractivity contribution in [1.29, 1.82) is 0 Å². The van der Waals surface area contributed by atoms with Crippen molar-refractivity contribution in [3.05, 3.63) is 29.8 Å². The molecule has 0 radical (unpaired) electrons. The molecular weight excluding hydrogens is 275 g/mol. The van der Waals surface area contributed by atoms with Crippen molar-refractivity contribution >= 4 is 5.97 Å². The lowest BCUT2D eigenvalue weighted by Gasteiger charge is -2.19. The summed E-state index contributed by atoms with van der Waals surface area (Å²) in [5.41, 5.74) is -0.282. The van der Waals surface area contributed by atoms with E-state index in [9.17, 15) is 26.7 Å². The molecule has 106 valence electrons. The van der Waals surface area contributed by atoms with E-state index in [1.54, 1.807) is 0 Å². The van der Waals surface area contributed by atoms with Gasteiger partial charge in [-0.1, -0.05) is 0 Å². The van der Waals surface area contributed by atoms with Crippen LogP contribution in [0.5, 0.6) is 5.75 Å². The molecule has 0 amide bonds. The first-order valence-electron chi connectivity index (χ1n) is 4.95. The molecule has 3 nitrogen and oxygen atoms in total. The maximum absolute atomic E-state index is 12.2. The molecule has 1 unspecified atom stereocenters. The number of ether oxygens (including phenoxy) is 2. The Hall–Kier alpha value is -1.86. The van der Waals surface area contributed by atoms with Gasteiger partial charge in [0.15, 0.2) is 0 Å².